The lowest BCUT2D eigenvalue weighted by molar-refractivity contribution is -0.147. The second kappa shape index (κ2) is 9.58. The molecule has 0 aliphatic carbocycles. The van der Waals surface area contributed by atoms with E-state index in [1.807, 2.05) is 16.8 Å². The Labute approximate surface area is 149 Å². The monoisotopic (exact) mass is 361 g/mol. The van der Waals surface area contributed by atoms with Crippen LogP contribution in [-0.2, 0) is 25.5 Å². The fourth-order valence-corrected chi connectivity index (χ4v) is 2.77. The molecule has 0 spiro atoms. The summed E-state index contributed by atoms with van der Waals surface area (Å²) < 4.78 is 9.90. The van der Waals surface area contributed by atoms with E-state index in [4.69, 9.17) is 9.47 Å². The molecule has 6 nitrogen and oxygen atoms in total. The van der Waals surface area contributed by atoms with Crippen LogP contribution in [0.3, 0.4) is 0 Å². The fraction of sp³-hybridized carbons (Fsp3) is 0.278. The van der Waals surface area contributed by atoms with Crippen molar-refractivity contribution in [1.82, 2.24) is 0 Å². The van der Waals surface area contributed by atoms with E-state index in [1.165, 1.54) is 0 Å². The first-order chi connectivity index (χ1) is 12.1. The molecular weight excluding hydrogens is 342 g/mol. The van der Waals surface area contributed by atoms with Gasteiger partial charge in [-0.1, -0.05) is 12.1 Å². The van der Waals surface area contributed by atoms with Crippen molar-refractivity contribution >= 4 is 34.9 Å². The maximum absolute atomic E-state index is 11.9. The second-order valence-corrected chi connectivity index (χ2v) is 5.89. The SMILES string of the molecule is CCOC(=O)c1ccccc1NC(=O)COC(=O)CCc1ccsc1. The topological polar surface area (TPSA) is 81.7 Å². The van der Waals surface area contributed by atoms with E-state index in [2.05, 4.69) is 5.32 Å². The van der Waals surface area contributed by atoms with Crippen molar-refractivity contribution in [2.45, 2.75) is 19.8 Å². The normalized spacial score (nSPS) is 10.1. The van der Waals surface area contributed by atoms with Gasteiger partial charge in [-0.15, -0.1) is 0 Å². The number of rotatable bonds is 8. The molecule has 1 aromatic carbocycles. The summed E-state index contributed by atoms with van der Waals surface area (Å²) in [7, 11) is 0. The molecule has 0 saturated heterocycles. The molecule has 1 amide bonds. The van der Waals surface area contributed by atoms with E-state index in [1.54, 1.807) is 42.5 Å². The first-order valence-electron chi connectivity index (χ1n) is 7.83. The van der Waals surface area contributed by atoms with E-state index in [9.17, 15) is 14.4 Å². The summed E-state index contributed by atoms with van der Waals surface area (Å²) in [5, 5.41) is 6.46. The molecule has 1 N–H and O–H groups in total. The maximum Gasteiger partial charge on any atom is 0.340 e. The van der Waals surface area contributed by atoms with Crippen LogP contribution in [0.25, 0.3) is 0 Å². The summed E-state index contributed by atoms with van der Waals surface area (Å²) in [6, 6.07) is 8.44. The first kappa shape index (κ1) is 18.7. The van der Waals surface area contributed by atoms with Crippen LogP contribution in [0.5, 0.6) is 0 Å². The summed E-state index contributed by atoms with van der Waals surface area (Å²) >= 11 is 1.56. The lowest BCUT2D eigenvalue weighted by Crippen LogP contribution is -2.22. The van der Waals surface area contributed by atoms with Crippen LogP contribution in [-0.4, -0.2) is 31.1 Å². The minimum Gasteiger partial charge on any atom is -0.462 e. The summed E-state index contributed by atoms with van der Waals surface area (Å²) in [4.78, 5) is 35.5. The summed E-state index contributed by atoms with van der Waals surface area (Å²) in [6.45, 7) is 1.54. The standard InChI is InChI=1S/C18H19NO5S/c1-2-23-18(22)14-5-3-4-6-15(14)19-16(20)11-24-17(21)8-7-13-9-10-25-12-13/h3-6,9-10,12H,2,7-8,11H2,1H3,(H,19,20). The van der Waals surface area contributed by atoms with Crippen molar-refractivity contribution in [3.63, 3.8) is 0 Å². The zero-order valence-corrected chi connectivity index (χ0v) is 14.6. The van der Waals surface area contributed by atoms with E-state index in [0.717, 1.165) is 5.56 Å². The number of carbonyl (C=O) groups excluding carboxylic acids is 3. The average Bonchev–Trinajstić information content (AvgIpc) is 3.12. The zero-order chi connectivity index (χ0) is 18.1. The molecular formula is C18H19NO5S. The molecule has 7 heteroatoms. The molecule has 0 saturated carbocycles. The van der Waals surface area contributed by atoms with E-state index in [0.29, 0.717) is 12.1 Å². The van der Waals surface area contributed by atoms with Gasteiger partial charge in [-0.05, 0) is 47.9 Å². The zero-order valence-electron chi connectivity index (χ0n) is 13.8. The Hall–Kier alpha value is -2.67. The van der Waals surface area contributed by atoms with Gasteiger partial charge < -0.3 is 14.8 Å². The van der Waals surface area contributed by atoms with Gasteiger partial charge in [-0.2, -0.15) is 11.3 Å². The highest BCUT2D eigenvalue weighted by molar-refractivity contribution is 7.07. The van der Waals surface area contributed by atoms with E-state index < -0.39 is 24.5 Å². The lowest BCUT2D eigenvalue weighted by Gasteiger charge is -2.10. The number of aryl methyl sites for hydroxylation is 1. The van der Waals surface area contributed by atoms with Crippen molar-refractivity contribution in [1.29, 1.82) is 0 Å². The maximum atomic E-state index is 11.9. The molecule has 0 radical (unpaired) electrons. The number of anilines is 1. The van der Waals surface area contributed by atoms with Crippen molar-refractivity contribution in [3.05, 3.63) is 52.2 Å². The van der Waals surface area contributed by atoms with Gasteiger partial charge in [-0.3, -0.25) is 9.59 Å². The minimum absolute atomic E-state index is 0.212. The summed E-state index contributed by atoms with van der Waals surface area (Å²) in [5.41, 5.74) is 1.64. The number of nitrogens with one attached hydrogen (secondary N) is 1. The third-order valence-electron chi connectivity index (χ3n) is 3.26. The van der Waals surface area contributed by atoms with Crippen LogP contribution in [0.2, 0.25) is 0 Å². The molecule has 25 heavy (non-hydrogen) atoms. The first-order valence-corrected chi connectivity index (χ1v) is 8.77. The molecule has 132 valence electrons. The molecule has 1 heterocycles. The third kappa shape index (κ3) is 6.04. The highest BCUT2D eigenvalue weighted by Gasteiger charge is 2.15. The molecule has 0 aliphatic rings. The summed E-state index contributed by atoms with van der Waals surface area (Å²) in [6.07, 6.45) is 0.791. The number of hydrogen-bond donors (Lipinski definition) is 1. The largest absolute Gasteiger partial charge is 0.462 e. The Morgan fingerprint density at radius 1 is 1.12 bits per heavy atom. The Balaban J connectivity index is 1.82. The Morgan fingerprint density at radius 3 is 2.64 bits per heavy atom. The quantitative estimate of drug-likeness (QED) is 0.731. The van der Waals surface area contributed by atoms with Crippen LogP contribution in [0.15, 0.2) is 41.1 Å². The average molecular weight is 361 g/mol. The lowest BCUT2D eigenvalue weighted by atomic mass is 10.2. The smallest absolute Gasteiger partial charge is 0.340 e. The number of amides is 1. The molecule has 2 aromatic rings. The van der Waals surface area contributed by atoms with Crippen LogP contribution in [0.4, 0.5) is 5.69 Å². The van der Waals surface area contributed by atoms with Gasteiger partial charge in [0.25, 0.3) is 5.91 Å². The van der Waals surface area contributed by atoms with Gasteiger partial charge >= 0.3 is 11.9 Å². The number of para-hydroxylation sites is 1. The molecule has 2 rings (SSSR count). The molecule has 0 fully saturated rings. The van der Waals surface area contributed by atoms with Gasteiger partial charge in [0.05, 0.1) is 17.9 Å². The number of carbonyl (C=O) groups is 3. The Kier molecular flexibility index (Phi) is 7.16. The predicted molar refractivity (Wildman–Crippen MR) is 94.6 cm³/mol. The third-order valence-corrected chi connectivity index (χ3v) is 3.99. The highest BCUT2D eigenvalue weighted by atomic mass is 32.1. The van der Waals surface area contributed by atoms with Crippen molar-refractivity contribution in [2.75, 3.05) is 18.5 Å². The number of ether oxygens (including phenoxy) is 2. The van der Waals surface area contributed by atoms with Crippen LogP contribution in [0.1, 0.15) is 29.3 Å². The van der Waals surface area contributed by atoms with E-state index >= 15 is 0 Å². The van der Waals surface area contributed by atoms with Crippen molar-refractivity contribution < 1.29 is 23.9 Å². The van der Waals surface area contributed by atoms with Gasteiger partial charge in [-0.25, -0.2) is 4.79 Å². The number of thiophene rings is 1. The van der Waals surface area contributed by atoms with Gasteiger partial charge in [0.2, 0.25) is 0 Å². The summed E-state index contributed by atoms with van der Waals surface area (Å²) in [5.74, 6) is -1.48. The molecule has 0 aliphatic heterocycles. The number of benzene rings is 1. The Morgan fingerprint density at radius 2 is 1.92 bits per heavy atom. The van der Waals surface area contributed by atoms with Gasteiger partial charge in [0.15, 0.2) is 6.61 Å². The number of esters is 2. The van der Waals surface area contributed by atoms with Gasteiger partial charge in [0, 0.05) is 6.42 Å². The molecule has 0 atom stereocenters. The van der Waals surface area contributed by atoms with Crippen LogP contribution in [0, 0.1) is 0 Å². The van der Waals surface area contributed by atoms with Gasteiger partial charge in [0.1, 0.15) is 0 Å². The Bertz CT molecular complexity index is 727. The van der Waals surface area contributed by atoms with Crippen molar-refractivity contribution in [3.8, 4) is 0 Å². The second-order valence-electron chi connectivity index (χ2n) is 5.11. The van der Waals surface area contributed by atoms with Crippen molar-refractivity contribution in [2.24, 2.45) is 0 Å². The fourth-order valence-electron chi connectivity index (χ4n) is 2.06. The molecule has 1 aromatic heterocycles. The van der Waals surface area contributed by atoms with Crippen LogP contribution < -0.4 is 5.32 Å². The minimum atomic E-state index is -0.522. The highest BCUT2D eigenvalue weighted by Crippen LogP contribution is 2.16. The predicted octanol–water partition coefficient (Wildman–Crippen LogP) is 3.04. The number of hydrogen-bond acceptors (Lipinski definition) is 6. The van der Waals surface area contributed by atoms with E-state index in [-0.39, 0.29) is 18.6 Å². The molecule has 0 unspecified atom stereocenters. The van der Waals surface area contributed by atoms with Crippen LogP contribution >= 0.6 is 11.3 Å². The molecule has 0 bridgehead atoms.